The average Bonchev–Trinajstić information content (AvgIpc) is 3.08. The van der Waals surface area contributed by atoms with Crippen molar-refractivity contribution in [3.05, 3.63) is 0 Å². The standard InChI is InChI=1S/C16H32N2O/c1-2-16(19,13-17)10-6-12-18-11-5-9-15(18)14-7-3-4-8-14/h14-15,19H,2-13,17H2,1H3. The van der Waals surface area contributed by atoms with Gasteiger partial charge in [0.15, 0.2) is 0 Å². The van der Waals surface area contributed by atoms with E-state index in [-0.39, 0.29) is 0 Å². The smallest absolute Gasteiger partial charge is 0.0767 e. The van der Waals surface area contributed by atoms with Crippen LogP contribution in [0.3, 0.4) is 0 Å². The Kier molecular flexibility index (Phi) is 5.67. The molecule has 1 aliphatic carbocycles. The van der Waals surface area contributed by atoms with Crippen molar-refractivity contribution < 1.29 is 5.11 Å². The molecule has 0 spiro atoms. The van der Waals surface area contributed by atoms with Gasteiger partial charge in [0, 0.05) is 12.6 Å². The van der Waals surface area contributed by atoms with Crippen molar-refractivity contribution >= 4 is 0 Å². The maximum absolute atomic E-state index is 10.2. The summed E-state index contributed by atoms with van der Waals surface area (Å²) in [6.07, 6.45) is 11.3. The fourth-order valence-corrected chi connectivity index (χ4v) is 4.04. The lowest BCUT2D eigenvalue weighted by molar-refractivity contribution is 0.0304. The zero-order valence-electron chi connectivity index (χ0n) is 12.6. The number of hydrogen-bond donors (Lipinski definition) is 2. The maximum Gasteiger partial charge on any atom is 0.0767 e. The summed E-state index contributed by atoms with van der Waals surface area (Å²) in [5.41, 5.74) is 5.05. The van der Waals surface area contributed by atoms with E-state index in [2.05, 4.69) is 4.90 Å². The van der Waals surface area contributed by atoms with Crippen LogP contribution in [0.5, 0.6) is 0 Å². The molecule has 0 amide bonds. The first kappa shape index (κ1) is 15.3. The summed E-state index contributed by atoms with van der Waals surface area (Å²) in [4.78, 5) is 2.70. The summed E-state index contributed by atoms with van der Waals surface area (Å²) < 4.78 is 0. The Morgan fingerprint density at radius 1 is 1.21 bits per heavy atom. The van der Waals surface area contributed by atoms with E-state index >= 15 is 0 Å². The Morgan fingerprint density at radius 2 is 1.95 bits per heavy atom. The van der Waals surface area contributed by atoms with Crippen molar-refractivity contribution in [2.24, 2.45) is 11.7 Å². The van der Waals surface area contributed by atoms with E-state index in [1.807, 2.05) is 6.92 Å². The minimum atomic E-state index is -0.622. The minimum Gasteiger partial charge on any atom is -0.389 e. The van der Waals surface area contributed by atoms with E-state index in [1.165, 1.54) is 45.1 Å². The number of nitrogens with two attached hydrogens (primary N) is 1. The zero-order chi connectivity index (χ0) is 13.7. The van der Waals surface area contributed by atoms with Crippen LogP contribution in [0.1, 0.15) is 64.7 Å². The summed E-state index contributed by atoms with van der Waals surface area (Å²) in [6, 6.07) is 0.843. The Balaban J connectivity index is 1.75. The van der Waals surface area contributed by atoms with Crippen LogP contribution in [0.2, 0.25) is 0 Å². The summed E-state index contributed by atoms with van der Waals surface area (Å²) >= 11 is 0. The van der Waals surface area contributed by atoms with Gasteiger partial charge in [-0.05, 0) is 64.0 Å². The predicted octanol–water partition coefficient (Wildman–Crippen LogP) is 2.52. The minimum absolute atomic E-state index is 0.398. The van der Waals surface area contributed by atoms with Crippen molar-refractivity contribution in [2.75, 3.05) is 19.6 Å². The quantitative estimate of drug-likeness (QED) is 0.746. The van der Waals surface area contributed by atoms with Gasteiger partial charge < -0.3 is 15.7 Å². The molecule has 1 heterocycles. The zero-order valence-corrected chi connectivity index (χ0v) is 12.6. The van der Waals surface area contributed by atoms with Gasteiger partial charge in [-0.15, -0.1) is 0 Å². The molecular weight excluding hydrogens is 236 g/mol. The predicted molar refractivity (Wildman–Crippen MR) is 80.1 cm³/mol. The van der Waals surface area contributed by atoms with Gasteiger partial charge in [0.25, 0.3) is 0 Å². The van der Waals surface area contributed by atoms with Gasteiger partial charge in [-0.3, -0.25) is 0 Å². The van der Waals surface area contributed by atoms with Crippen LogP contribution in [0.4, 0.5) is 0 Å². The third kappa shape index (κ3) is 3.93. The lowest BCUT2D eigenvalue weighted by Crippen LogP contribution is -2.39. The summed E-state index contributed by atoms with van der Waals surface area (Å²) in [7, 11) is 0. The molecule has 0 bridgehead atoms. The molecule has 0 aromatic rings. The second kappa shape index (κ2) is 7.05. The fraction of sp³-hybridized carbons (Fsp3) is 1.00. The monoisotopic (exact) mass is 268 g/mol. The maximum atomic E-state index is 10.2. The first-order chi connectivity index (χ1) is 9.18. The van der Waals surface area contributed by atoms with E-state index in [1.54, 1.807) is 0 Å². The highest BCUT2D eigenvalue weighted by Crippen LogP contribution is 2.35. The van der Waals surface area contributed by atoms with Crippen LogP contribution >= 0.6 is 0 Å². The normalized spacial score (nSPS) is 28.9. The van der Waals surface area contributed by atoms with Crippen molar-refractivity contribution in [3.63, 3.8) is 0 Å². The highest BCUT2D eigenvalue weighted by atomic mass is 16.3. The molecule has 3 N–H and O–H groups in total. The molecule has 19 heavy (non-hydrogen) atoms. The third-order valence-corrected chi connectivity index (χ3v) is 5.48. The van der Waals surface area contributed by atoms with E-state index < -0.39 is 5.60 Å². The number of hydrogen-bond acceptors (Lipinski definition) is 3. The lowest BCUT2D eigenvalue weighted by Gasteiger charge is -2.31. The first-order valence-electron chi connectivity index (χ1n) is 8.35. The molecule has 2 rings (SSSR count). The van der Waals surface area contributed by atoms with Crippen molar-refractivity contribution in [1.82, 2.24) is 4.90 Å². The van der Waals surface area contributed by atoms with Crippen LogP contribution in [0.25, 0.3) is 0 Å². The Morgan fingerprint density at radius 3 is 2.58 bits per heavy atom. The number of likely N-dealkylation sites (tertiary alicyclic amines) is 1. The second-order valence-electron chi connectivity index (χ2n) is 6.68. The summed E-state index contributed by atoms with van der Waals surface area (Å²) in [5, 5.41) is 10.2. The third-order valence-electron chi connectivity index (χ3n) is 5.48. The van der Waals surface area contributed by atoms with Crippen LogP contribution in [-0.2, 0) is 0 Å². The van der Waals surface area contributed by atoms with Gasteiger partial charge in [0.1, 0.15) is 0 Å². The number of aliphatic hydroxyl groups is 1. The van der Waals surface area contributed by atoms with Crippen molar-refractivity contribution in [1.29, 1.82) is 0 Å². The molecule has 1 aliphatic heterocycles. The molecule has 3 heteroatoms. The van der Waals surface area contributed by atoms with Crippen molar-refractivity contribution in [3.8, 4) is 0 Å². The molecule has 2 atom stereocenters. The molecule has 0 aromatic carbocycles. The number of nitrogens with zero attached hydrogens (tertiary/aromatic N) is 1. The molecule has 2 unspecified atom stereocenters. The van der Waals surface area contributed by atoms with Gasteiger partial charge in [0.2, 0.25) is 0 Å². The molecule has 112 valence electrons. The van der Waals surface area contributed by atoms with Gasteiger partial charge in [-0.25, -0.2) is 0 Å². The van der Waals surface area contributed by atoms with Crippen molar-refractivity contribution in [2.45, 2.75) is 76.4 Å². The summed E-state index contributed by atoms with van der Waals surface area (Å²) in [5.74, 6) is 0.960. The van der Waals surface area contributed by atoms with E-state index in [0.29, 0.717) is 6.54 Å². The van der Waals surface area contributed by atoms with Crippen LogP contribution < -0.4 is 5.73 Å². The molecular formula is C16H32N2O. The Hall–Kier alpha value is -0.120. The molecule has 0 aromatic heterocycles. The molecule has 1 saturated heterocycles. The Bertz CT molecular complexity index is 259. The molecule has 3 nitrogen and oxygen atoms in total. The lowest BCUT2D eigenvalue weighted by atomic mass is 9.93. The van der Waals surface area contributed by atoms with E-state index in [0.717, 1.165) is 37.8 Å². The highest BCUT2D eigenvalue weighted by Gasteiger charge is 2.33. The molecule has 1 saturated carbocycles. The second-order valence-corrected chi connectivity index (χ2v) is 6.68. The highest BCUT2D eigenvalue weighted by molar-refractivity contribution is 4.88. The number of rotatable bonds is 7. The molecule has 2 aliphatic rings. The van der Waals surface area contributed by atoms with Crippen LogP contribution in [0.15, 0.2) is 0 Å². The van der Waals surface area contributed by atoms with Gasteiger partial charge >= 0.3 is 0 Å². The van der Waals surface area contributed by atoms with Gasteiger partial charge in [0.05, 0.1) is 5.60 Å². The largest absolute Gasteiger partial charge is 0.389 e. The fourth-order valence-electron chi connectivity index (χ4n) is 4.04. The molecule has 2 fully saturated rings. The van der Waals surface area contributed by atoms with Crippen LogP contribution in [-0.4, -0.2) is 41.3 Å². The SMILES string of the molecule is CCC(O)(CN)CCCN1CCCC1C1CCCC1. The van der Waals surface area contributed by atoms with Gasteiger partial charge in [-0.2, -0.15) is 0 Å². The topological polar surface area (TPSA) is 49.5 Å². The summed E-state index contributed by atoms with van der Waals surface area (Å²) in [6.45, 7) is 4.86. The average molecular weight is 268 g/mol. The van der Waals surface area contributed by atoms with Crippen LogP contribution in [0, 0.1) is 5.92 Å². The molecule has 0 radical (unpaired) electrons. The van der Waals surface area contributed by atoms with E-state index in [9.17, 15) is 5.11 Å². The van der Waals surface area contributed by atoms with Gasteiger partial charge in [-0.1, -0.05) is 19.8 Å². The Labute approximate surface area is 118 Å². The first-order valence-corrected chi connectivity index (χ1v) is 8.35. The van der Waals surface area contributed by atoms with E-state index in [4.69, 9.17) is 5.73 Å².